The third-order valence-electron chi connectivity index (χ3n) is 4.79. The minimum absolute atomic E-state index is 0.291. The molecule has 0 radical (unpaired) electrons. The molecule has 0 spiro atoms. The minimum atomic E-state index is -0.291. The molecule has 2 N–H and O–H groups in total. The average molecular weight is 388 g/mol. The van der Waals surface area contributed by atoms with Crippen LogP contribution >= 0.6 is 0 Å². The fraction of sp³-hybridized carbons (Fsp3) is 0.227. The van der Waals surface area contributed by atoms with Crippen LogP contribution in [0.1, 0.15) is 22.5 Å². The highest BCUT2D eigenvalue weighted by atomic mass is 16.1. The van der Waals surface area contributed by atoms with Crippen molar-refractivity contribution in [3.63, 3.8) is 0 Å². The van der Waals surface area contributed by atoms with E-state index in [4.69, 9.17) is 5.10 Å². The van der Waals surface area contributed by atoms with Gasteiger partial charge in [-0.25, -0.2) is 14.6 Å². The SMILES string of the molecule is Cc1ccc(-n2cc(CN(C)Cc3n[nH]c(=O)[nH]3)c(-c3cccc(C)c3)n2)cc1. The second-order valence-electron chi connectivity index (χ2n) is 7.45. The molecule has 7 nitrogen and oxygen atoms in total. The van der Waals surface area contributed by atoms with E-state index in [9.17, 15) is 4.79 Å². The van der Waals surface area contributed by atoms with Crippen LogP contribution in [0.2, 0.25) is 0 Å². The molecule has 29 heavy (non-hydrogen) atoms. The fourth-order valence-corrected chi connectivity index (χ4v) is 3.37. The van der Waals surface area contributed by atoms with Crippen LogP contribution in [0, 0.1) is 13.8 Å². The van der Waals surface area contributed by atoms with E-state index in [1.54, 1.807) is 0 Å². The van der Waals surface area contributed by atoms with E-state index in [1.165, 1.54) is 11.1 Å². The Morgan fingerprint density at radius 2 is 1.83 bits per heavy atom. The van der Waals surface area contributed by atoms with Crippen molar-refractivity contribution < 1.29 is 0 Å². The average Bonchev–Trinajstić information content (AvgIpc) is 3.28. The van der Waals surface area contributed by atoms with Gasteiger partial charge < -0.3 is 0 Å². The summed E-state index contributed by atoms with van der Waals surface area (Å²) in [4.78, 5) is 16.1. The van der Waals surface area contributed by atoms with E-state index < -0.39 is 0 Å². The maximum absolute atomic E-state index is 11.3. The molecule has 4 aromatic rings. The van der Waals surface area contributed by atoms with Crippen LogP contribution < -0.4 is 5.69 Å². The standard InChI is InChI=1S/C22H24N6O/c1-15-7-9-19(10-8-15)28-13-18(12-27(3)14-20-23-22(29)25-24-20)21(26-28)17-6-4-5-16(2)11-17/h4-11,13H,12,14H2,1-3H3,(H2,23,24,25,29). The predicted molar refractivity (Wildman–Crippen MR) is 113 cm³/mol. The first-order valence-corrected chi connectivity index (χ1v) is 9.52. The molecule has 2 heterocycles. The first-order valence-electron chi connectivity index (χ1n) is 9.52. The Labute approximate surface area is 169 Å². The summed E-state index contributed by atoms with van der Waals surface area (Å²) in [5, 5.41) is 11.3. The monoisotopic (exact) mass is 388 g/mol. The number of aromatic nitrogens is 5. The van der Waals surface area contributed by atoms with Crippen LogP contribution in [-0.2, 0) is 13.1 Å². The van der Waals surface area contributed by atoms with Gasteiger partial charge >= 0.3 is 5.69 Å². The summed E-state index contributed by atoms with van der Waals surface area (Å²) >= 11 is 0. The van der Waals surface area contributed by atoms with Gasteiger partial charge in [0.25, 0.3) is 0 Å². The van der Waals surface area contributed by atoms with Crippen molar-refractivity contribution in [2.24, 2.45) is 0 Å². The van der Waals surface area contributed by atoms with Gasteiger partial charge in [0.1, 0.15) is 5.82 Å². The largest absolute Gasteiger partial charge is 0.340 e. The first-order chi connectivity index (χ1) is 14.0. The lowest BCUT2D eigenvalue weighted by molar-refractivity contribution is 0.311. The molecule has 0 saturated heterocycles. The number of nitrogens with zero attached hydrogens (tertiary/aromatic N) is 4. The van der Waals surface area contributed by atoms with Crippen molar-refractivity contribution >= 4 is 0 Å². The van der Waals surface area contributed by atoms with Gasteiger partial charge in [0.2, 0.25) is 0 Å². The zero-order valence-electron chi connectivity index (χ0n) is 16.8. The van der Waals surface area contributed by atoms with Gasteiger partial charge in [-0.2, -0.15) is 10.2 Å². The van der Waals surface area contributed by atoms with Crippen LogP contribution in [0.15, 0.2) is 59.5 Å². The molecule has 0 unspecified atom stereocenters. The predicted octanol–water partition coefficient (Wildman–Crippen LogP) is 3.20. The molecule has 0 atom stereocenters. The van der Waals surface area contributed by atoms with Gasteiger partial charge in [-0.3, -0.25) is 9.88 Å². The van der Waals surface area contributed by atoms with Crippen molar-refractivity contribution in [1.29, 1.82) is 0 Å². The van der Waals surface area contributed by atoms with Crippen molar-refractivity contribution in [3.8, 4) is 16.9 Å². The minimum Gasteiger partial charge on any atom is -0.295 e. The van der Waals surface area contributed by atoms with E-state index in [0.717, 1.165) is 22.5 Å². The smallest absolute Gasteiger partial charge is 0.295 e. The normalized spacial score (nSPS) is 11.3. The molecule has 0 amide bonds. The summed E-state index contributed by atoms with van der Waals surface area (Å²) in [7, 11) is 2.00. The maximum Gasteiger partial charge on any atom is 0.340 e. The zero-order chi connectivity index (χ0) is 20.4. The van der Waals surface area contributed by atoms with Crippen molar-refractivity contribution in [2.75, 3.05) is 7.05 Å². The van der Waals surface area contributed by atoms with Crippen molar-refractivity contribution in [3.05, 3.63) is 87.7 Å². The molecule has 0 aliphatic heterocycles. The Hall–Kier alpha value is -3.45. The number of hydrogen-bond donors (Lipinski definition) is 2. The van der Waals surface area contributed by atoms with Crippen molar-refractivity contribution in [1.82, 2.24) is 29.9 Å². The quantitative estimate of drug-likeness (QED) is 0.531. The zero-order valence-corrected chi connectivity index (χ0v) is 16.8. The molecule has 0 aliphatic rings. The lowest BCUT2D eigenvalue weighted by atomic mass is 10.1. The Balaban J connectivity index is 1.68. The van der Waals surface area contributed by atoms with E-state index >= 15 is 0 Å². The molecule has 7 heteroatoms. The summed E-state index contributed by atoms with van der Waals surface area (Å²) in [6.07, 6.45) is 2.08. The number of rotatable bonds is 6. The molecular formula is C22H24N6O. The van der Waals surface area contributed by atoms with Gasteiger partial charge in [-0.1, -0.05) is 41.5 Å². The summed E-state index contributed by atoms with van der Waals surface area (Å²) in [5.41, 5.74) is 6.30. The highest BCUT2D eigenvalue weighted by Crippen LogP contribution is 2.26. The fourth-order valence-electron chi connectivity index (χ4n) is 3.37. The number of nitrogens with one attached hydrogen (secondary N) is 2. The molecule has 0 fully saturated rings. The van der Waals surface area contributed by atoms with E-state index in [1.807, 2.05) is 11.7 Å². The Kier molecular flexibility index (Phi) is 5.14. The van der Waals surface area contributed by atoms with E-state index in [2.05, 4.69) is 88.7 Å². The van der Waals surface area contributed by atoms with Gasteiger partial charge in [0.15, 0.2) is 0 Å². The van der Waals surface area contributed by atoms with Crippen LogP contribution in [-0.4, -0.2) is 36.9 Å². The van der Waals surface area contributed by atoms with Crippen LogP contribution in [0.4, 0.5) is 0 Å². The number of aryl methyl sites for hydroxylation is 2. The van der Waals surface area contributed by atoms with Gasteiger partial charge in [0, 0.05) is 23.9 Å². The lowest BCUT2D eigenvalue weighted by Crippen LogP contribution is -2.18. The molecule has 2 aromatic carbocycles. The maximum atomic E-state index is 11.3. The van der Waals surface area contributed by atoms with E-state index in [-0.39, 0.29) is 5.69 Å². The van der Waals surface area contributed by atoms with Crippen LogP contribution in [0.5, 0.6) is 0 Å². The third kappa shape index (κ3) is 4.35. The van der Waals surface area contributed by atoms with E-state index in [0.29, 0.717) is 18.9 Å². The van der Waals surface area contributed by atoms with Gasteiger partial charge in [-0.05, 0) is 39.1 Å². The summed E-state index contributed by atoms with van der Waals surface area (Å²) in [6, 6.07) is 16.7. The number of H-pyrrole nitrogens is 2. The van der Waals surface area contributed by atoms with Gasteiger partial charge in [-0.15, -0.1) is 0 Å². The lowest BCUT2D eigenvalue weighted by Gasteiger charge is -2.14. The molecule has 148 valence electrons. The Morgan fingerprint density at radius 1 is 1.03 bits per heavy atom. The second-order valence-corrected chi connectivity index (χ2v) is 7.45. The first kappa shape index (κ1) is 18.9. The summed E-state index contributed by atoms with van der Waals surface area (Å²) < 4.78 is 1.93. The topological polar surface area (TPSA) is 82.6 Å². The van der Waals surface area contributed by atoms with Crippen LogP contribution in [0.3, 0.4) is 0 Å². The molecule has 0 bridgehead atoms. The number of benzene rings is 2. The highest BCUT2D eigenvalue weighted by Gasteiger charge is 2.15. The van der Waals surface area contributed by atoms with Crippen LogP contribution in [0.25, 0.3) is 16.9 Å². The van der Waals surface area contributed by atoms with Crippen molar-refractivity contribution in [2.45, 2.75) is 26.9 Å². The Morgan fingerprint density at radius 3 is 2.52 bits per heavy atom. The summed E-state index contributed by atoms with van der Waals surface area (Å²) in [6.45, 7) is 5.36. The molecular weight excluding hydrogens is 364 g/mol. The molecule has 0 saturated carbocycles. The summed E-state index contributed by atoms with van der Waals surface area (Å²) in [5.74, 6) is 0.612. The Bertz CT molecular complexity index is 1170. The number of hydrogen-bond acceptors (Lipinski definition) is 4. The number of aromatic amines is 2. The third-order valence-corrected chi connectivity index (χ3v) is 4.79. The highest BCUT2D eigenvalue weighted by molar-refractivity contribution is 5.64. The molecule has 0 aliphatic carbocycles. The van der Waals surface area contributed by atoms with Gasteiger partial charge in [0.05, 0.1) is 17.9 Å². The molecule has 2 aromatic heterocycles. The second kappa shape index (κ2) is 7.89. The molecule has 4 rings (SSSR count).